The number of benzene rings is 1. The van der Waals surface area contributed by atoms with Gasteiger partial charge in [0.25, 0.3) is 0 Å². The van der Waals surface area contributed by atoms with Crippen molar-refractivity contribution < 1.29 is 9.66 Å². The lowest BCUT2D eigenvalue weighted by Gasteiger charge is -2.27. The number of para-hydroxylation sites is 1. The zero-order valence-corrected chi connectivity index (χ0v) is 15.0. The first kappa shape index (κ1) is 18.6. The van der Waals surface area contributed by atoms with Crippen molar-refractivity contribution in [2.24, 2.45) is 11.8 Å². The topological polar surface area (TPSA) is 81.4 Å². The van der Waals surface area contributed by atoms with Gasteiger partial charge >= 0.3 is 11.6 Å². The van der Waals surface area contributed by atoms with Gasteiger partial charge in [0, 0.05) is 13.1 Å². The van der Waals surface area contributed by atoms with Crippen molar-refractivity contribution in [3.63, 3.8) is 0 Å². The maximum absolute atomic E-state index is 11.7. The molecule has 7 nitrogen and oxygen atoms in total. The van der Waals surface area contributed by atoms with Crippen LogP contribution < -0.4 is 9.64 Å². The minimum Gasteiger partial charge on any atom is -0.434 e. The normalized spacial score (nSPS) is 11.0. The first-order valence-electron chi connectivity index (χ1n) is 8.35. The molecule has 25 heavy (non-hydrogen) atoms. The van der Waals surface area contributed by atoms with E-state index in [1.165, 1.54) is 6.33 Å². The number of ether oxygens (including phenoxy) is 1. The predicted octanol–water partition coefficient (Wildman–Crippen LogP) is 4.30. The van der Waals surface area contributed by atoms with Gasteiger partial charge in [0.1, 0.15) is 12.1 Å². The Hall–Kier alpha value is -2.70. The molecule has 0 bridgehead atoms. The number of anilines is 1. The molecule has 0 fully saturated rings. The van der Waals surface area contributed by atoms with E-state index in [1.807, 2.05) is 11.0 Å². The molecule has 0 N–H and O–H groups in total. The lowest BCUT2D eigenvalue weighted by Crippen LogP contribution is -2.32. The average Bonchev–Trinajstić information content (AvgIpc) is 2.54. The van der Waals surface area contributed by atoms with Gasteiger partial charge in [0.05, 0.1) is 4.92 Å². The quantitative estimate of drug-likeness (QED) is 0.525. The zero-order valence-electron chi connectivity index (χ0n) is 15.0. The minimum atomic E-state index is -0.471. The first-order chi connectivity index (χ1) is 11.9. The van der Waals surface area contributed by atoms with Gasteiger partial charge in [-0.15, -0.1) is 0 Å². The van der Waals surface area contributed by atoms with Gasteiger partial charge in [-0.05, 0) is 24.0 Å². The van der Waals surface area contributed by atoms with E-state index < -0.39 is 4.92 Å². The van der Waals surface area contributed by atoms with Crippen LogP contribution in [0.3, 0.4) is 0 Å². The molecule has 0 aliphatic heterocycles. The Bertz CT molecular complexity index is 695. The SMILES string of the molecule is CC(C)CN(CC(C)C)c1ncnc(Oc2ccccc2)c1[N+](=O)[O-]. The summed E-state index contributed by atoms with van der Waals surface area (Å²) >= 11 is 0. The van der Waals surface area contributed by atoms with Crippen LogP contribution in [0.15, 0.2) is 36.7 Å². The van der Waals surface area contributed by atoms with Crippen LogP contribution in [0.1, 0.15) is 27.7 Å². The number of hydrogen-bond donors (Lipinski definition) is 0. The Morgan fingerprint density at radius 1 is 1.08 bits per heavy atom. The van der Waals surface area contributed by atoms with Crippen LogP contribution in [0.25, 0.3) is 0 Å². The summed E-state index contributed by atoms with van der Waals surface area (Å²) in [6, 6.07) is 8.90. The molecule has 2 aromatic rings. The van der Waals surface area contributed by atoms with Gasteiger partial charge in [0.2, 0.25) is 5.82 Å². The summed E-state index contributed by atoms with van der Waals surface area (Å²) in [5, 5.41) is 11.7. The monoisotopic (exact) mass is 344 g/mol. The van der Waals surface area contributed by atoms with Gasteiger partial charge in [-0.1, -0.05) is 45.9 Å². The van der Waals surface area contributed by atoms with E-state index in [4.69, 9.17) is 4.74 Å². The average molecular weight is 344 g/mol. The molecule has 1 heterocycles. The lowest BCUT2D eigenvalue weighted by molar-refractivity contribution is -0.385. The molecular formula is C18H24N4O3. The van der Waals surface area contributed by atoms with Crippen molar-refractivity contribution in [1.29, 1.82) is 0 Å². The van der Waals surface area contributed by atoms with E-state index in [0.29, 0.717) is 36.5 Å². The fraction of sp³-hybridized carbons (Fsp3) is 0.444. The first-order valence-corrected chi connectivity index (χ1v) is 8.35. The number of aromatic nitrogens is 2. The summed E-state index contributed by atoms with van der Waals surface area (Å²) in [7, 11) is 0. The molecule has 0 amide bonds. The predicted molar refractivity (Wildman–Crippen MR) is 97.1 cm³/mol. The third-order valence-corrected chi connectivity index (χ3v) is 3.38. The summed E-state index contributed by atoms with van der Waals surface area (Å²) in [6.45, 7) is 9.62. The van der Waals surface area contributed by atoms with Crippen molar-refractivity contribution in [3.05, 3.63) is 46.8 Å². The standard InChI is InChI=1S/C18H24N4O3/c1-13(2)10-21(11-14(3)4)17-16(22(23)24)18(20-12-19-17)25-15-8-6-5-7-9-15/h5-9,12-14H,10-11H2,1-4H3. The van der Waals surface area contributed by atoms with Crippen LogP contribution in [0.5, 0.6) is 11.6 Å². The Morgan fingerprint density at radius 3 is 2.20 bits per heavy atom. The van der Waals surface area contributed by atoms with Crippen molar-refractivity contribution >= 4 is 11.5 Å². The van der Waals surface area contributed by atoms with E-state index >= 15 is 0 Å². The van der Waals surface area contributed by atoms with Gasteiger partial charge in [-0.2, -0.15) is 4.98 Å². The molecule has 0 spiro atoms. The van der Waals surface area contributed by atoms with Crippen molar-refractivity contribution in [2.75, 3.05) is 18.0 Å². The second-order valence-corrected chi connectivity index (χ2v) is 6.72. The van der Waals surface area contributed by atoms with E-state index in [-0.39, 0.29) is 11.6 Å². The molecule has 1 aromatic carbocycles. The van der Waals surface area contributed by atoms with Gasteiger partial charge in [-0.25, -0.2) is 4.98 Å². The highest BCUT2D eigenvalue weighted by Crippen LogP contribution is 2.36. The summed E-state index contributed by atoms with van der Waals surface area (Å²) in [4.78, 5) is 21.4. The summed E-state index contributed by atoms with van der Waals surface area (Å²) in [5.41, 5.74) is -0.201. The Morgan fingerprint density at radius 2 is 1.68 bits per heavy atom. The molecule has 0 saturated heterocycles. The molecule has 0 radical (unpaired) electrons. The zero-order chi connectivity index (χ0) is 18.4. The van der Waals surface area contributed by atoms with Crippen LogP contribution in [-0.4, -0.2) is 28.0 Å². The number of hydrogen-bond acceptors (Lipinski definition) is 6. The van der Waals surface area contributed by atoms with Crippen LogP contribution in [0.4, 0.5) is 11.5 Å². The Kier molecular flexibility index (Phi) is 6.27. The van der Waals surface area contributed by atoms with E-state index in [1.54, 1.807) is 24.3 Å². The second-order valence-electron chi connectivity index (χ2n) is 6.72. The molecule has 7 heteroatoms. The molecule has 1 aromatic heterocycles. The molecule has 0 aliphatic rings. The molecule has 0 saturated carbocycles. The van der Waals surface area contributed by atoms with Crippen LogP contribution in [0.2, 0.25) is 0 Å². The molecule has 2 rings (SSSR count). The fourth-order valence-electron chi connectivity index (χ4n) is 2.55. The maximum Gasteiger partial charge on any atom is 0.373 e. The number of rotatable bonds is 8. The van der Waals surface area contributed by atoms with Crippen molar-refractivity contribution in [1.82, 2.24) is 9.97 Å². The van der Waals surface area contributed by atoms with E-state index in [9.17, 15) is 10.1 Å². The van der Waals surface area contributed by atoms with Crippen LogP contribution >= 0.6 is 0 Å². The highest BCUT2D eigenvalue weighted by atomic mass is 16.6. The third kappa shape index (κ3) is 5.14. The van der Waals surface area contributed by atoms with Crippen LogP contribution in [0, 0.1) is 22.0 Å². The largest absolute Gasteiger partial charge is 0.434 e. The highest BCUT2D eigenvalue weighted by molar-refractivity contribution is 5.63. The highest BCUT2D eigenvalue weighted by Gasteiger charge is 2.29. The number of nitro groups is 1. The van der Waals surface area contributed by atoms with Crippen molar-refractivity contribution in [3.8, 4) is 11.6 Å². The Balaban J connectivity index is 2.45. The smallest absolute Gasteiger partial charge is 0.373 e. The minimum absolute atomic E-state index is 0.0429. The summed E-state index contributed by atoms with van der Waals surface area (Å²) in [6.07, 6.45) is 1.31. The van der Waals surface area contributed by atoms with Gasteiger partial charge < -0.3 is 9.64 Å². The van der Waals surface area contributed by atoms with E-state index in [0.717, 1.165) is 0 Å². The third-order valence-electron chi connectivity index (χ3n) is 3.38. The fourth-order valence-corrected chi connectivity index (χ4v) is 2.55. The molecule has 134 valence electrons. The molecular weight excluding hydrogens is 320 g/mol. The Labute approximate surface area is 147 Å². The van der Waals surface area contributed by atoms with Crippen LogP contribution in [-0.2, 0) is 0 Å². The second kappa shape index (κ2) is 8.41. The van der Waals surface area contributed by atoms with Crippen molar-refractivity contribution in [2.45, 2.75) is 27.7 Å². The van der Waals surface area contributed by atoms with Gasteiger partial charge in [0.15, 0.2) is 0 Å². The molecule has 0 atom stereocenters. The lowest BCUT2D eigenvalue weighted by atomic mass is 10.1. The van der Waals surface area contributed by atoms with E-state index in [2.05, 4.69) is 37.7 Å². The summed E-state index contributed by atoms with van der Waals surface area (Å²) < 4.78 is 5.65. The summed E-state index contributed by atoms with van der Waals surface area (Å²) in [5.74, 6) is 1.43. The molecule has 0 aliphatic carbocycles. The maximum atomic E-state index is 11.7. The number of nitrogens with zero attached hydrogens (tertiary/aromatic N) is 4. The van der Waals surface area contributed by atoms with Gasteiger partial charge in [-0.3, -0.25) is 10.1 Å². The molecule has 0 unspecified atom stereocenters.